The lowest BCUT2D eigenvalue weighted by Gasteiger charge is -2.22. The van der Waals surface area contributed by atoms with E-state index in [0.717, 1.165) is 53.9 Å². The molecule has 0 aromatic carbocycles. The molecule has 3 aromatic rings. The maximum Gasteiger partial charge on any atom is 0.229 e. The minimum atomic E-state index is -0.472. The Morgan fingerprint density at radius 1 is 1.33 bits per heavy atom. The molecule has 142 valence electrons. The van der Waals surface area contributed by atoms with Gasteiger partial charge in [-0.15, -0.1) is 11.3 Å². The summed E-state index contributed by atoms with van der Waals surface area (Å²) in [5.74, 6) is 0.802. The first-order valence-electron chi connectivity index (χ1n) is 8.74. The van der Waals surface area contributed by atoms with Crippen LogP contribution in [0.2, 0.25) is 0 Å². The molecule has 1 aliphatic rings. The average Bonchev–Trinajstić information content (AvgIpc) is 3.24. The summed E-state index contributed by atoms with van der Waals surface area (Å²) in [7, 11) is 0. The second kappa shape index (κ2) is 7.57. The van der Waals surface area contributed by atoms with E-state index >= 15 is 0 Å². The SMILES string of the molecule is CC(C)OCCN1CCc2sc(Nc3ncc(F)cn3)nc2-c2cn[nH]c21. The van der Waals surface area contributed by atoms with Crippen LogP contribution in [0, 0.1) is 5.82 Å². The summed E-state index contributed by atoms with van der Waals surface area (Å²) in [5, 5.41) is 11.0. The van der Waals surface area contributed by atoms with Crippen LogP contribution in [-0.2, 0) is 11.2 Å². The maximum atomic E-state index is 13.0. The van der Waals surface area contributed by atoms with Crippen molar-refractivity contribution in [2.24, 2.45) is 0 Å². The second-order valence-corrected chi connectivity index (χ2v) is 7.51. The first kappa shape index (κ1) is 17.8. The molecule has 0 radical (unpaired) electrons. The Bertz CT molecular complexity index is 908. The molecule has 0 atom stereocenters. The van der Waals surface area contributed by atoms with Crippen LogP contribution in [0.4, 0.5) is 21.3 Å². The molecule has 0 aliphatic carbocycles. The third-order valence-electron chi connectivity index (χ3n) is 4.15. The predicted octanol–water partition coefficient (Wildman–Crippen LogP) is 2.99. The van der Waals surface area contributed by atoms with Crippen molar-refractivity contribution in [2.75, 3.05) is 29.9 Å². The summed E-state index contributed by atoms with van der Waals surface area (Å²) in [4.78, 5) is 16.0. The number of fused-ring (bicyclic) bond motifs is 3. The van der Waals surface area contributed by atoms with E-state index in [1.807, 2.05) is 13.8 Å². The summed E-state index contributed by atoms with van der Waals surface area (Å²) in [6, 6.07) is 0. The van der Waals surface area contributed by atoms with Crippen LogP contribution in [0.15, 0.2) is 18.6 Å². The average molecular weight is 389 g/mol. The number of hydrogen-bond acceptors (Lipinski definition) is 8. The first-order chi connectivity index (χ1) is 13.1. The molecule has 0 amide bonds. The van der Waals surface area contributed by atoms with Crippen LogP contribution in [-0.4, -0.2) is 50.9 Å². The molecule has 2 N–H and O–H groups in total. The number of ether oxygens (including phenoxy) is 1. The lowest BCUT2D eigenvalue weighted by Crippen LogP contribution is -2.30. The standard InChI is InChI=1S/C17H20FN7OS/c1-10(2)26-6-5-25-4-3-13-14(12-9-21-24-15(12)25)22-17(27-13)23-16-19-7-11(18)8-20-16/h7-10H,3-6H2,1-2H3,(H,21,24)(H,19,20,22,23). The molecule has 27 heavy (non-hydrogen) atoms. The van der Waals surface area contributed by atoms with Crippen molar-refractivity contribution < 1.29 is 9.13 Å². The van der Waals surface area contributed by atoms with Crippen molar-refractivity contribution in [3.63, 3.8) is 0 Å². The van der Waals surface area contributed by atoms with Crippen LogP contribution < -0.4 is 10.2 Å². The van der Waals surface area contributed by atoms with Crippen molar-refractivity contribution in [1.29, 1.82) is 0 Å². The monoisotopic (exact) mass is 389 g/mol. The third kappa shape index (κ3) is 3.91. The smallest absolute Gasteiger partial charge is 0.229 e. The van der Waals surface area contributed by atoms with Crippen LogP contribution >= 0.6 is 11.3 Å². The second-order valence-electron chi connectivity index (χ2n) is 6.43. The fourth-order valence-electron chi connectivity index (χ4n) is 2.92. The van der Waals surface area contributed by atoms with E-state index in [1.54, 1.807) is 17.5 Å². The highest BCUT2D eigenvalue weighted by Gasteiger charge is 2.25. The Hall–Kier alpha value is -2.59. The lowest BCUT2D eigenvalue weighted by molar-refractivity contribution is 0.0840. The molecule has 0 fully saturated rings. The van der Waals surface area contributed by atoms with E-state index in [2.05, 4.69) is 30.4 Å². The number of aromatic amines is 1. The van der Waals surface area contributed by atoms with Gasteiger partial charge in [0, 0.05) is 24.4 Å². The Labute approximate surface area is 159 Å². The van der Waals surface area contributed by atoms with Crippen LogP contribution in [0.25, 0.3) is 11.3 Å². The Morgan fingerprint density at radius 2 is 2.15 bits per heavy atom. The summed E-state index contributed by atoms with van der Waals surface area (Å²) in [6.07, 6.45) is 5.12. The van der Waals surface area contributed by atoms with Gasteiger partial charge in [0.15, 0.2) is 10.9 Å². The minimum absolute atomic E-state index is 0.212. The van der Waals surface area contributed by atoms with Crippen LogP contribution in [0.3, 0.4) is 0 Å². The molecule has 0 saturated heterocycles. The highest BCUT2D eigenvalue weighted by molar-refractivity contribution is 7.16. The summed E-state index contributed by atoms with van der Waals surface area (Å²) in [5.41, 5.74) is 1.87. The van der Waals surface area contributed by atoms with Gasteiger partial charge in [0.05, 0.1) is 42.6 Å². The van der Waals surface area contributed by atoms with Gasteiger partial charge in [-0.05, 0) is 13.8 Å². The number of nitrogens with one attached hydrogen (secondary N) is 2. The molecule has 4 heterocycles. The molecule has 8 nitrogen and oxygen atoms in total. The van der Waals surface area contributed by atoms with E-state index in [4.69, 9.17) is 9.72 Å². The van der Waals surface area contributed by atoms with Gasteiger partial charge in [-0.3, -0.25) is 5.10 Å². The van der Waals surface area contributed by atoms with Crippen molar-refractivity contribution in [2.45, 2.75) is 26.4 Å². The lowest BCUT2D eigenvalue weighted by atomic mass is 10.2. The summed E-state index contributed by atoms with van der Waals surface area (Å²) in [6.45, 7) is 6.36. The van der Waals surface area contributed by atoms with Gasteiger partial charge in [0.25, 0.3) is 0 Å². The van der Waals surface area contributed by atoms with E-state index < -0.39 is 5.82 Å². The van der Waals surface area contributed by atoms with Gasteiger partial charge in [0.2, 0.25) is 5.95 Å². The topological polar surface area (TPSA) is 91.8 Å². The zero-order valence-electron chi connectivity index (χ0n) is 15.1. The molecule has 3 aromatic heterocycles. The van der Waals surface area contributed by atoms with Gasteiger partial charge in [-0.25, -0.2) is 19.3 Å². The Balaban J connectivity index is 1.55. The molecule has 0 spiro atoms. The van der Waals surface area contributed by atoms with Crippen molar-refractivity contribution in [1.82, 2.24) is 25.1 Å². The molecular weight excluding hydrogens is 369 g/mol. The van der Waals surface area contributed by atoms with Gasteiger partial charge in [-0.1, -0.05) is 0 Å². The molecule has 4 rings (SSSR count). The fraction of sp³-hybridized carbons (Fsp3) is 0.412. The number of thiazole rings is 1. The van der Waals surface area contributed by atoms with Crippen molar-refractivity contribution in [3.8, 4) is 11.3 Å². The molecule has 0 saturated carbocycles. The number of hydrogen-bond donors (Lipinski definition) is 2. The van der Waals surface area contributed by atoms with Crippen LogP contribution in [0.5, 0.6) is 0 Å². The van der Waals surface area contributed by atoms with Gasteiger partial charge >= 0.3 is 0 Å². The number of aromatic nitrogens is 5. The molecule has 10 heteroatoms. The number of anilines is 3. The number of H-pyrrole nitrogens is 1. The number of halogens is 1. The van der Waals surface area contributed by atoms with Crippen LogP contribution in [0.1, 0.15) is 18.7 Å². The highest BCUT2D eigenvalue weighted by atomic mass is 32.1. The van der Waals surface area contributed by atoms with E-state index in [0.29, 0.717) is 17.7 Å². The highest BCUT2D eigenvalue weighted by Crippen LogP contribution is 2.39. The quantitative estimate of drug-likeness (QED) is 0.669. The molecular formula is C17H20FN7OS. The zero-order valence-corrected chi connectivity index (χ0v) is 15.9. The fourth-order valence-corrected chi connectivity index (χ4v) is 3.88. The first-order valence-corrected chi connectivity index (χ1v) is 9.56. The molecule has 0 bridgehead atoms. The van der Waals surface area contributed by atoms with Gasteiger partial charge in [-0.2, -0.15) is 5.10 Å². The van der Waals surface area contributed by atoms with E-state index in [1.165, 1.54) is 0 Å². The number of rotatable bonds is 6. The van der Waals surface area contributed by atoms with Gasteiger partial charge in [0.1, 0.15) is 5.82 Å². The Kier molecular flexibility index (Phi) is 4.99. The number of nitrogens with zero attached hydrogens (tertiary/aromatic N) is 5. The largest absolute Gasteiger partial charge is 0.377 e. The maximum absolute atomic E-state index is 13.0. The minimum Gasteiger partial charge on any atom is -0.377 e. The molecule has 0 unspecified atom stereocenters. The molecule has 1 aliphatic heterocycles. The van der Waals surface area contributed by atoms with Gasteiger partial charge < -0.3 is 15.0 Å². The van der Waals surface area contributed by atoms with E-state index in [9.17, 15) is 4.39 Å². The summed E-state index contributed by atoms with van der Waals surface area (Å²) < 4.78 is 18.7. The predicted molar refractivity (Wildman–Crippen MR) is 102 cm³/mol. The summed E-state index contributed by atoms with van der Waals surface area (Å²) >= 11 is 1.55. The third-order valence-corrected chi connectivity index (χ3v) is 5.18. The normalized spacial score (nSPS) is 13.4. The zero-order chi connectivity index (χ0) is 18.8. The van der Waals surface area contributed by atoms with E-state index in [-0.39, 0.29) is 6.10 Å². The Morgan fingerprint density at radius 3 is 2.93 bits per heavy atom. The van der Waals surface area contributed by atoms with Crippen molar-refractivity contribution >= 4 is 28.2 Å². The van der Waals surface area contributed by atoms with Crippen molar-refractivity contribution in [3.05, 3.63) is 29.3 Å².